The molecule has 0 saturated heterocycles. The molecule has 0 radical (unpaired) electrons. The average molecular weight is 470 g/mol. The second-order valence-corrected chi connectivity index (χ2v) is 9.81. The van der Waals surface area contributed by atoms with Gasteiger partial charge in [0, 0.05) is 7.05 Å². The summed E-state index contributed by atoms with van der Waals surface area (Å²) in [6, 6.07) is 16.5. The first kappa shape index (κ1) is 21.7. The molecular weight excluding hydrogens is 450 g/mol. The Balaban J connectivity index is 1.40. The maximum atomic E-state index is 12.8. The second-order valence-electron chi connectivity index (χ2n) is 6.90. The predicted molar refractivity (Wildman–Crippen MR) is 120 cm³/mol. The summed E-state index contributed by atoms with van der Waals surface area (Å²) in [7, 11) is -2.25. The number of carbonyl (C=O) groups excluding carboxylic acids is 1. The Bertz CT molecular complexity index is 1310. The Labute approximate surface area is 189 Å². The summed E-state index contributed by atoms with van der Waals surface area (Å²) in [5.74, 6) is 0.0342. The molecule has 0 saturated carbocycles. The highest BCUT2D eigenvalue weighted by molar-refractivity contribution is 7.92. The molecule has 164 valence electrons. The standard InChI is InChI=1S/C22H19N3O5S2/c1-15-5-11-18(12-6-15)32(27,28)25(2)17-9-7-16(8-10-17)22(26)29-14-20-23-21(24-30-20)19-4-3-13-31-19/h3-13H,14H2,1-2H3. The zero-order valence-electron chi connectivity index (χ0n) is 17.3. The Morgan fingerprint density at radius 1 is 1.09 bits per heavy atom. The smallest absolute Gasteiger partial charge is 0.338 e. The van der Waals surface area contributed by atoms with Crippen molar-refractivity contribution < 1.29 is 22.5 Å². The highest BCUT2D eigenvalue weighted by Crippen LogP contribution is 2.24. The fraction of sp³-hybridized carbons (Fsp3) is 0.136. The molecule has 0 atom stereocenters. The number of anilines is 1. The normalized spacial score (nSPS) is 11.3. The van der Waals surface area contributed by atoms with E-state index in [1.54, 1.807) is 36.4 Å². The highest BCUT2D eigenvalue weighted by atomic mass is 32.2. The number of esters is 1. The molecule has 0 spiro atoms. The van der Waals surface area contributed by atoms with E-state index in [0.717, 1.165) is 14.7 Å². The van der Waals surface area contributed by atoms with Crippen LogP contribution in [0.15, 0.2) is 75.5 Å². The molecule has 2 aromatic heterocycles. The molecule has 32 heavy (non-hydrogen) atoms. The maximum absolute atomic E-state index is 12.8. The van der Waals surface area contributed by atoms with E-state index in [0.29, 0.717) is 11.5 Å². The largest absolute Gasteiger partial charge is 0.452 e. The van der Waals surface area contributed by atoms with Crippen molar-refractivity contribution in [1.82, 2.24) is 10.1 Å². The number of hydrogen-bond acceptors (Lipinski definition) is 8. The van der Waals surface area contributed by atoms with Gasteiger partial charge in [-0.2, -0.15) is 4.98 Å². The molecule has 0 aliphatic heterocycles. The third-order valence-corrected chi connectivity index (χ3v) is 7.35. The summed E-state index contributed by atoms with van der Waals surface area (Å²) in [5.41, 5.74) is 1.66. The van der Waals surface area contributed by atoms with Gasteiger partial charge < -0.3 is 9.26 Å². The fourth-order valence-electron chi connectivity index (χ4n) is 2.84. The third kappa shape index (κ3) is 4.56. The van der Waals surface area contributed by atoms with Crippen LogP contribution in [0.25, 0.3) is 10.7 Å². The van der Waals surface area contributed by atoms with Crippen LogP contribution in [-0.4, -0.2) is 31.6 Å². The van der Waals surface area contributed by atoms with Crippen molar-refractivity contribution in [2.45, 2.75) is 18.4 Å². The molecule has 8 nitrogen and oxygen atoms in total. The quantitative estimate of drug-likeness (QED) is 0.372. The summed E-state index contributed by atoms with van der Waals surface area (Å²) >= 11 is 1.48. The summed E-state index contributed by atoms with van der Waals surface area (Å²) < 4.78 is 37.1. The van der Waals surface area contributed by atoms with E-state index in [9.17, 15) is 13.2 Å². The second kappa shape index (κ2) is 8.93. The molecule has 0 N–H and O–H groups in total. The zero-order valence-corrected chi connectivity index (χ0v) is 18.9. The van der Waals surface area contributed by atoms with E-state index < -0.39 is 16.0 Å². The molecule has 0 aliphatic carbocycles. The van der Waals surface area contributed by atoms with E-state index in [-0.39, 0.29) is 23.0 Å². The van der Waals surface area contributed by atoms with E-state index >= 15 is 0 Å². The van der Waals surface area contributed by atoms with E-state index in [1.165, 1.54) is 30.5 Å². The number of carbonyl (C=O) groups is 1. The topological polar surface area (TPSA) is 103 Å². The predicted octanol–water partition coefficient (Wildman–Crippen LogP) is 4.29. The lowest BCUT2D eigenvalue weighted by atomic mass is 10.2. The molecule has 0 amide bonds. The van der Waals surface area contributed by atoms with Crippen LogP contribution in [0, 0.1) is 6.92 Å². The van der Waals surface area contributed by atoms with Crippen molar-refractivity contribution in [1.29, 1.82) is 0 Å². The Kier molecular flexibility index (Phi) is 6.06. The molecule has 4 aromatic rings. The fourth-order valence-corrected chi connectivity index (χ4v) is 4.69. The van der Waals surface area contributed by atoms with E-state index in [1.807, 2.05) is 24.4 Å². The van der Waals surface area contributed by atoms with Crippen LogP contribution in [0.3, 0.4) is 0 Å². The highest BCUT2D eigenvalue weighted by Gasteiger charge is 2.21. The van der Waals surface area contributed by atoms with Crippen molar-refractivity contribution in [2.75, 3.05) is 11.4 Å². The minimum Gasteiger partial charge on any atom is -0.452 e. The lowest BCUT2D eigenvalue weighted by Crippen LogP contribution is -2.26. The number of aromatic nitrogens is 2. The van der Waals surface area contributed by atoms with Gasteiger partial charge in [0.15, 0.2) is 6.61 Å². The Morgan fingerprint density at radius 2 is 1.81 bits per heavy atom. The molecule has 10 heteroatoms. The van der Waals surface area contributed by atoms with Gasteiger partial charge in [0.25, 0.3) is 15.9 Å². The van der Waals surface area contributed by atoms with Gasteiger partial charge in [0.1, 0.15) is 0 Å². The number of thiophene rings is 1. The minimum absolute atomic E-state index is 0.166. The molecule has 0 unspecified atom stereocenters. The van der Waals surface area contributed by atoms with Crippen LogP contribution in [0.1, 0.15) is 21.8 Å². The van der Waals surface area contributed by atoms with Crippen LogP contribution >= 0.6 is 11.3 Å². The first-order valence-electron chi connectivity index (χ1n) is 9.54. The van der Waals surface area contributed by atoms with Gasteiger partial charge in [-0.3, -0.25) is 4.31 Å². The van der Waals surface area contributed by atoms with Crippen molar-refractivity contribution in [3.8, 4) is 10.7 Å². The van der Waals surface area contributed by atoms with Crippen LogP contribution in [-0.2, 0) is 21.4 Å². The molecule has 2 aromatic carbocycles. The summed E-state index contributed by atoms with van der Waals surface area (Å²) in [6.07, 6.45) is 0. The van der Waals surface area contributed by atoms with Gasteiger partial charge in [0.2, 0.25) is 5.82 Å². The SMILES string of the molecule is Cc1ccc(S(=O)(=O)N(C)c2ccc(C(=O)OCc3nc(-c4cccs4)no3)cc2)cc1. The third-order valence-electron chi connectivity index (χ3n) is 4.68. The van der Waals surface area contributed by atoms with Crippen molar-refractivity contribution >= 4 is 33.0 Å². The van der Waals surface area contributed by atoms with E-state index in [4.69, 9.17) is 9.26 Å². The summed E-state index contributed by atoms with van der Waals surface area (Å²) in [6.45, 7) is 1.72. The van der Waals surface area contributed by atoms with Crippen LogP contribution in [0.5, 0.6) is 0 Å². The van der Waals surface area contributed by atoms with Crippen LogP contribution in [0.4, 0.5) is 5.69 Å². The Morgan fingerprint density at radius 3 is 2.47 bits per heavy atom. The molecule has 0 fully saturated rings. The lowest BCUT2D eigenvalue weighted by molar-refractivity contribution is 0.0430. The van der Waals surface area contributed by atoms with Gasteiger partial charge in [0.05, 0.1) is 21.0 Å². The summed E-state index contributed by atoms with van der Waals surface area (Å²) in [4.78, 5) is 17.6. The number of benzene rings is 2. The van der Waals surface area contributed by atoms with Crippen LogP contribution in [0.2, 0.25) is 0 Å². The summed E-state index contributed by atoms with van der Waals surface area (Å²) in [5, 5.41) is 5.76. The lowest BCUT2D eigenvalue weighted by Gasteiger charge is -2.19. The van der Waals surface area contributed by atoms with E-state index in [2.05, 4.69) is 10.1 Å². The monoisotopic (exact) mass is 469 g/mol. The number of nitrogens with zero attached hydrogens (tertiary/aromatic N) is 3. The number of aryl methyl sites for hydroxylation is 1. The number of sulfonamides is 1. The van der Waals surface area contributed by atoms with Crippen molar-refractivity contribution in [3.63, 3.8) is 0 Å². The number of rotatable bonds is 7. The van der Waals surface area contributed by atoms with Gasteiger partial charge in [-0.1, -0.05) is 28.9 Å². The maximum Gasteiger partial charge on any atom is 0.338 e. The first-order valence-corrected chi connectivity index (χ1v) is 11.9. The zero-order chi connectivity index (χ0) is 22.7. The average Bonchev–Trinajstić information content (AvgIpc) is 3.49. The molecule has 0 aliphatic rings. The van der Waals surface area contributed by atoms with Crippen LogP contribution < -0.4 is 4.31 Å². The number of hydrogen-bond donors (Lipinski definition) is 0. The van der Waals surface area contributed by atoms with Gasteiger partial charge >= 0.3 is 5.97 Å². The minimum atomic E-state index is -3.71. The van der Waals surface area contributed by atoms with Gasteiger partial charge in [-0.05, 0) is 54.8 Å². The molecule has 4 rings (SSSR count). The Hall–Kier alpha value is -3.50. The first-order chi connectivity index (χ1) is 15.3. The van der Waals surface area contributed by atoms with Crippen molar-refractivity contribution in [2.24, 2.45) is 0 Å². The molecular formula is C22H19N3O5S2. The number of ether oxygens (including phenoxy) is 1. The van der Waals surface area contributed by atoms with Gasteiger partial charge in [-0.15, -0.1) is 11.3 Å². The van der Waals surface area contributed by atoms with Crippen molar-refractivity contribution in [3.05, 3.63) is 83.1 Å². The molecule has 2 heterocycles. The molecule has 0 bridgehead atoms. The van der Waals surface area contributed by atoms with Gasteiger partial charge in [-0.25, -0.2) is 13.2 Å².